The molecular formula is C44H52F3N5O6. The molecule has 4 aromatic rings. The van der Waals surface area contributed by atoms with Crippen LogP contribution in [0.3, 0.4) is 0 Å². The van der Waals surface area contributed by atoms with Crippen molar-refractivity contribution in [1.82, 2.24) is 20.5 Å². The predicted octanol–water partition coefficient (Wildman–Crippen LogP) is 8.02. The van der Waals surface area contributed by atoms with Gasteiger partial charge in [-0.05, 0) is 95.3 Å². The summed E-state index contributed by atoms with van der Waals surface area (Å²) in [6.45, 7) is 11.9. The maximum Gasteiger partial charge on any atom is 0.410 e. The molecule has 1 saturated heterocycles. The van der Waals surface area contributed by atoms with Crippen LogP contribution < -0.4 is 16.0 Å². The lowest BCUT2D eigenvalue weighted by molar-refractivity contribution is -0.117. The molecule has 2 heterocycles. The van der Waals surface area contributed by atoms with Gasteiger partial charge in [-0.25, -0.2) is 22.8 Å². The van der Waals surface area contributed by atoms with Gasteiger partial charge < -0.3 is 30.2 Å². The zero-order valence-electron chi connectivity index (χ0n) is 33.7. The van der Waals surface area contributed by atoms with Crippen LogP contribution in [-0.4, -0.2) is 71.0 Å². The zero-order chi connectivity index (χ0) is 42.1. The van der Waals surface area contributed by atoms with Crippen LogP contribution in [0.4, 0.5) is 28.4 Å². The maximum absolute atomic E-state index is 15.6. The number of anilines is 1. The lowest BCUT2D eigenvalue weighted by Crippen LogP contribution is -2.56. The Hall–Kier alpha value is -5.47. The van der Waals surface area contributed by atoms with Gasteiger partial charge in [0.05, 0.1) is 49.8 Å². The number of rotatable bonds is 13. The van der Waals surface area contributed by atoms with E-state index in [4.69, 9.17) is 14.2 Å². The standard InChI is InChI=1S/C44H52F3N5O6/c1-42(2,3)57-40(54)51-44(30-12-16-32(45)17-13-30,31-14-18-33(46)19-15-31)22-39(53)50-38-26-49-25-37(47)36(38)21-20-35-27-52(41(55)58-43(4,5)6)34(28-56-35)24-48-23-29-10-8-7-9-11-29/h7-19,25-26,34-35,48H,20-24,27-28H2,1-6H3,(H,50,53)(H,51,54)/t34-,35-/m1/s1. The van der Waals surface area contributed by atoms with Crippen molar-refractivity contribution >= 4 is 23.8 Å². The number of benzene rings is 3. The van der Waals surface area contributed by atoms with Crippen LogP contribution in [0.15, 0.2) is 91.3 Å². The molecule has 3 aromatic carbocycles. The van der Waals surface area contributed by atoms with Crippen molar-refractivity contribution in [2.45, 2.75) is 96.2 Å². The number of amides is 3. The number of nitrogens with zero attached hydrogens (tertiary/aromatic N) is 2. The summed E-state index contributed by atoms with van der Waals surface area (Å²) in [6.07, 6.45) is 0.392. The van der Waals surface area contributed by atoms with Gasteiger partial charge in [-0.1, -0.05) is 54.6 Å². The first-order valence-electron chi connectivity index (χ1n) is 19.2. The van der Waals surface area contributed by atoms with Crippen molar-refractivity contribution in [3.8, 4) is 0 Å². The quantitative estimate of drug-likeness (QED) is 0.124. The normalized spacial score (nSPS) is 16.1. The molecule has 310 valence electrons. The fourth-order valence-corrected chi connectivity index (χ4v) is 6.70. The van der Waals surface area contributed by atoms with Gasteiger partial charge in [0.2, 0.25) is 5.91 Å². The van der Waals surface area contributed by atoms with Crippen LogP contribution in [0.2, 0.25) is 0 Å². The van der Waals surface area contributed by atoms with Crippen LogP contribution >= 0.6 is 0 Å². The number of morpholine rings is 1. The molecule has 1 aliphatic rings. The second-order valence-electron chi connectivity index (χ2n) is 16.3. The van der Waals surface area contributed by atoms with Gasteiger partial charge >= 0.3 is 12.2 Å². The van der Waals surface area contributed by atoms with Crippen molar-refractivity contribution in [3.63, 3.8) is 0 Å². The summed E-state index contributed by atoms with van der Waals surface area (Å²) in [5.41, 5.74) is -1.41. The molecule has 14 heteroatoms. The van der Waals surface area contributed by atoms with Gasteiger partial charge in [-0.3, -0.25) is 14.7 Å². The van der Waals surface area contributed by atoms with Crippen molar-refractivity contribution < 1.29 is 41.8 Å². The van der Waals surface area contributed by atoms with Crippen molar-refractivity contribution in [2.24, 2.45) is 0 Å². The Labute approximate surface area is 337 Å². The van der Waals surface area contributed by atoms with E-state index in [1.165, 1.54) is 54.7 Å². The SMILES string of the molecule is CC(C)(C)OC(=O)NC(CC(=O)Nc1cncc(F)c1CC[C@@H]1CN(C(=O)OC(C)(C)C)[C@H](CNCc2ccccc2)CO1)(c1ccc(F)cc1)c1ccc(F)cc1. The van der Waals surface area contributed by atoms with E-state index in [2.05, 4.69) is 20.9 Å². The minimum Gasteiger partial charge on any atom is -0.444 e. The van der Waals surface area contributed by atoms with E-state index in [0.717, 1.165) is 11.8 Å². The Morgan fingerprint density at radius 1 is 0.828 bits per heavy atom. The lowest BCUT2D eigenvalue weighted by Gasteiger charge is -2.40. The summed E-state index contributed by atoms with van der Waals surface area (Å²) in [6, 6.07) is 19.9. The first kappa shape index (κ1) is 43.6. The first-order chi connectivity index (χ1) is 27.4. The van der Waals surface area contributed by atoms with E-state index in [9.17, 15) is 23.2 Å². The number of hydrogen-bond acceptors (Lipinski definition) is 8. The molecule has 0 saturated carbocycles. The molecule has 11 nitrogen and oxygen atoms in total. The molecule has 0 bridgehead atoms. The number of carbonyl (C=O) groups excluding carboxylic acids is 3. The molecule has 0 spiro atoms. The summed E-state index contributed by atoms with van der Waals surface area (Å²) in [5, 5.41) is 8.96. The number of aromatic nitrogens is 1. The van der Waals surface area contributed by atoms with Gasteiger partial charge in [-0.2, -0.15) is 0 Å². The highest BCUT2D eigenvalue weighted by atomic mass is 19.1. The molecule has 1 fully saturated rings. The third kappa shape index (κ3) is 12.3. The highest BCUT2D eigenvalue weighted by Gasteiger charge is 2.40. The second kappa shape index (κ2) is 18.9. The minimum absolute atomic E-state index is 0.0807. The number of hydrogen-bond donors (Lipinski definition) is 3. The van der Waals surface area contributed by atoms with Crippen LogP contribution in [0.1, 0.15) is 76.6 Å². The Bertz CT molecular complexity index is 1960. The predicted molar refractivity (Wildman–Crippen MR) is 213 cm³/mol. The third-order valence-electron chi connectivity index (χ3n) is 9.35. The average Bonchev–Trinajstić information content (AvgIpc) is 3.14. The Morgan fingerprint density at radius 3 is 2.02 bits per heavy atom. The molecule has 0 aliphatic carbocycles. The van der Waals surface area contributed by atoms with E-state index in [1.54, 1.807) is 46.4 Å². The smallest absolute Gasteiger partial charge is 0.410 e. The topological polar surface area (TPSA) is 131 Å². The number of pyridine rings is 1. The highest BCUT2D eigenvalue weighted by molar-refractivity contribution is 5.93. The summed E-state index contributed by atoms with van der Waals surface area (Å²) in [4.78, 5) is 46.5. The fourth-order valence-electron chi connectivity index (χ4n) is 6.70. The average molecular weight is 804 g/mol. The van der Waals surface area contributed by atoms with E-state index < -0.39 is 64.8 Å². The summed E-state index contributed by atoms with van der Waals surface area (Å²) in [5.74, 6) is -2.45. The van der Waals surface area contributed by atoms with E-state index in [0.29, 0.717) is 24.2 Å². The van der Waals surface area contributed by atoms with Crippen molar-refractivity contribution in [2.75, 3.05) is 25.0 Å². The molecule has 0 unspecified atom stereocenters. The van der Waals surface area contributed by atoms with E-state index in [1.807, 2.05) is 30.3 Å². The van der Waals surface area contributed by atoms with E-state index in [-0.39, 0.29) is 43.3 Å². The van der Waals surface area contributed by atoms with Gasteiger partial charge in [0.1, 0.15) is 34.2 Å². The van der Waals surface area contributed by atoms with Crippen molar-refractivity contribution in [1.29, 1.82) is 0 Å². The summed E-state index contributed by atoms with van der Waals surface area (Å²) >= 11 is 0. The zero-order valence-corrected chi connectivity index (χ0v) is 33.7. The molecule has 3 amide bonds. The third-order valence-corrected chi connectivity index (χ3v) is 9.35. The van der Waals surface area contributed by atoms with Gasteiger partial charge in [0.25, 0.3) is 0 Å². The highest BCUT2D eigenvalue weighted by Crippen LogP contribution is 2.35. The maximum atomic E-state index is 15.6. The van der Waals surface area contributed by atoms with E-state index >= 15 is 4.39 Å². The lowest BCUT2D eigenvalue weighted by atomic mass is 9.79. The van der Waals surface area contributed by atoms with Crippen LogP contribution in [-0.2, 0) is 37.5 Å². The number of halogens is 3. The number of ether oxygens (including phenoxy) is 3. The van der Waals surface area contributed by atoms with Crippen LogP contribution in [0, 0.1) is 17.5 Å². The molecule has 1 aromatic heterocycles. The monoisotopic (exact) mass is 803 g/mol. The molecule has 58 heavy (non-hydrogen) atoms. The van der Waals surface area contributed by atoms with Gasteiger partial charge in [0.15, 0.2) is 0 Å². The van der Waals surface area contributed by atoms with Crippen LogP contribution in [0.25, 0.3) is 0 Å². The second-order valence-corrected chi connectivity index (χ2v) is 16.3. The summed E-state index contributed by atoms with van der Waals surface area (Å²) in [7, 11) is 0. The molecular weight excluding hydrogens is 752 g/mol. The van der Waals surface area contributed by atoms with Crippen molar-refractivity contribution in [3.05, 3.63) is 131 Å². The number of alkyl carbamates (subject to hydrolysis) is 1. The molecule has 1 aliphatic heterocycles. The molecule has 3 N–H and O–H groups in total. The molecule has 2 atom stereocenters. The summed E-state index contributed by atoms with van der Waals surface area (Å²) < 4.78 is 61.5. The van der Waals surface area contributed by atoms with Gasteiger partial charge in [-0.15, -0.1) is 0 Å². The fraction of sp³-hybridized carbons (Fsp3) is 0.409. The molecule has 0 radical (unpaired) electrons. The molecule has 5 rings (SSSR count). The van der Waals surface area contributed by atoms with Gasteiger partial charge in [0, 0.05) is 18.7 Å². The Balaban J connectivity index is 1.35. The Kier molecular flexibility index (Phi) is 14.2. The number of nitrogens with one attached hydrogen (secondary N) is 3. The largest absolute Gasteiger partial charge is 0.444 e. The number of carbonyl (C=O) groups is 3. The minimum atomic E-state index is -1.69. The first-order valence-corrected chi connectivity index (χ1v) is 19.2. The Morgan fingerprint density at radius 2 is 1.43 bits per heavy atom. The van der Waals surface area contributed by atoms with Crippen LogP contribution in [0.5, 0.6) is 0 Å².